The number of aryl methyl sites for hydroxylation is 1. The van der Waals surface area contributed by atoms with Gasteiger partial charge in [0.2, 0.25) is 0 Å². The first-order chi connectivity index (χ1) is 8.76. The fraction of sp³-hybridized carbons (Fsp3) is 0.429. The van der Waals surface area contributed by atoms with Crippen LogP contribution in [0, 0.1) is 6.92 Å². The number of hydrogen-bond donors (Lipinski definition) is 2. The van der Waals surface area contributed by atoms with Gasteiger partial charge in [0, 0.05) is 23.4 Å². The molecule has 2 rings (SSSR count). The number of hydrogen-bond acceptors (Lipinski definition) is 4. The predicted molar refractivity (Wildman–Crippen MR) is 75.6 cm³/mol. The number of fused-ring (bicyclic) bond motifs is 1. The van der Waals surface area contributed by atoms with E-state index in [1.54, 1.807) is 0 Å². The Morgan fingerprint density at radius 2 is 1.94 bits per heavy atom. The third-order valence-electron chi connectivity index (χ3n) is 3.13. The van der Waals surface area contributed by atoms with Crippen molar-refractivity contribution in [1.82, 2.24) is 10.2 Å². The zero-order chi connectivity index (χ0) is 13.0. The van der Waals surface area contributed by atoms with Crippen LogP contribution in [0.4, 0.5) is 5.82 Å². The van der Waals surface area contributed by atoms with Gasteiger partial charge in [-0.1, -0.05) is 37.6 Å². The third kappa shape index (κ3) is 2.59. The number of nitrogens with two attached hydrogens (primary N) is 1. The lowest BCUT2D eigenvalue weighted by molar-refractivity contribution is 0.645. The van der Waals surface area contributed by atoms with E-state index >= 15 is 0 Å². The molecule has 18 heavy (non-hydrogen) atoms. The van der Waals surface area contributed by atoms with Gasteiger partial charge in [0.25, 0.3) is 0 Å². The summed E-state index contributed by atoms with van der Waals surface area (Å²) >= 11 is 0. The molecule has 4 nitrogen and oxygen atoms in total. The van der Waals surface area contributed by atoms with Crippen molar-refractivity contribution in [3.05, 3.63) is 30.0 Å². The molecule has 96 valence electrons. The molecule has 1 aromatic carbocycles. The minimum absolute atomic E-state index is 0.260. The van der Waals surface area contributed by atoms with Crippen molar-refractivity contribution in [2.75, 3.05) is 11.9 Å². The van der Waals surface area contributed by atoms with E-state index in [1.807, 2.05) is 19.1 Å². The molecule has 0 saturated heterocycles. The van der Waals surface area contributed by atoms with Crippen LogP contribution in [0.3, 0.4) is 0 Å². The highest BCUT2D eigenvalue weighted by Gasteiger charge is 2.10. The van der Waals surface area contributed by atoms with Crippen molar-refractivity contribution in [2.45, 2.75) is 32.7 Å². The minimum Gasteiger partial charge on any atom is -0.364 e. The Bertz CT molecular complexity index is 524. The molecule has 0 amide bonds. The number of aromatic nitrogens is 2. The Labute approximate surface area is 108 Å². The minimum atomic E-state index is 0.260. The normalized spacial score (nSPS) is 12.6. The fourth-order valence-electron chi connectivity index (χ4n) is 2.14. The molecule has 2 aromatic rings. The molecule has 3 N–H and O–H groups in total. The summed E-state index contributed by atoms with van der Waals surface area (Å²) in [5.41, 5.74) is 6.72. The molecule has 0 saturated carbocycles. The van der Waals surface area contributed by atoms with Gasteiger partial charge in [-0.3, -0.25) is 0 Å². The highest BCUT2D eigenvalue weighted by atomic mass is 15.2. The Morgan fingerprint density at radius 3 is 2.61 bits per heavy atom. The SMILES string of the molecule is CCCC(CN)Nc1nnc(C)c2ccccc12. The molecule has 0 fully saturated rings. The van der Waals surface area contributed by atoms with Crippen LogP contribution in [0.5, 0.6) is 0 Å². The first kappa shape index (κ1) is 12.8. The maximum atomic E-state index is 5.77. The van der Waals surface area contributed by atoms with E-state index < -0.39 is 0 Å². The van der Waals surface area contributed by atoms with Gasteiger partial charge in [0.15, 0.2) is 5.82 Å². The van der Waals surface area contributed by atoms with E-state index in [0.29, 0.717) is 6.54 Å². The van der Waals surface area contributed by atoms with E-state index in [9.17, 15) is 0 Å². The van der Waals surface area contributed by atoms with E-state index in [4.69, 9.17) is 5.73 Å². The highest BCUT2D eigenvalue weighted by molar-refractivity contribution is 5.92. The van der Waals surface area contributed by atoms with Gasteiger partial charge in [-0.15, -0.1) is 5.10 Å². The molecule has 1 heterocycles. The van der Waals surface area contributed by atoms with E-state index in [0.717, 1.165) is 35.1 Å². The average Bonchev–Trinajstić information content (AvgIpc) is 2.41. The second kappa shape index (κ2) is 5.78. The summed E-state index contributed by atoms with van der Waals surface area (Å²) in [7, 11) is 0. The van der Waals surface area contributed by atoms with Gasteiger partial charge in [0.05, 0.1) is 5.69 Å². The average molecular weight is 244 g/mol. The second-order valence-corrected chi connectivity index (χ2v) is 4.55. The van der Waals surface area contributed by atoms with Crippen LogP contribution < -0.4 is 11.1 Å². The van der Waals surface area contributed by atoms with Gasteiger partial charge in [-0.05, 0) is 13.3 Å². The lowest BCUT2D eigenvalue weighted by Crippen LogP contribution is -2.29. The molecule has 1 atom stereocenters. The summed E-state index contributed by atoms with van der Waals surface area (Å²) in [4.78, 5) is 0. The number of nitrogens with one attached hydrogen (secondary N) is 1. The quantitative estimate of drug-likeness (QED) is 0.848. The topological polar surface area (TPSA) is 63.8 Å². The number of benzene rings is 1. The number of anilines is 1. The standard InChI is InChI=1S/C14H20N4/c1-3-6-11(9-15)16-14-13-8-5-4-7-12(13)10(2)17-18-14/h4-5,7-8,11H,3,6,9,15H2,1-2H3,(H,16,18). The summed E-state index contributed by atoms with van der Waals surface area (Å²) in [6.07, 6.45) is 2.15. The molecule has 1 unspecified atom stereocenters. The van der Waals surface area contributed by atoms with Crippen LogP contribution >= 0.6 is 0 Å². The van der Waals surface area contributed by atoms with Gasteiger partial charge in [-0.2, -0.15) is 5.10 Å². The fourth-order valence-corrected chi connectivity index (χ4v) is 2.14. The highest BCUT2D eigenvalue weighted by Crippen LogP contribution is 2.23. The van der Waals surface area contributed by atoms with Gasteiger partial charge >= 0.3 is 0 Å². The molecule has 1 aromatic heterocycles. The number of nitrogens with zero attached hydrogens (tertiary/aromatic N) is 2. The van der Waals surface area contributed by atoms with Crippen LogP contribution in [0.25, 0.3) is 10.8 Å². The molecule has 0 bridgehead atoms. The molecule has 0 aliphatic heterocycles. The van der Waals surface area contributed by atoms with Crippen molar-refractivity contribution in [1.29, 1.82) is 0 Å². The molecule has 0 aliphatic rings. The van der Waals surface area contributed by atoms with Crippen LogP contribution in [-0.4, -0.2) is 22.8 Å². The summed E-state index contributed by atoms with van der Waals surface area (Å²) < 4.78 is 0. The van der Waals surface area contributed by atoms with Crippen molar-refractivity contribution >= 4 is 16.6 Å². The summed E-state index contributed by atoms with van der Waals surface area (Å²) in [5, 5.41) is 14.1. The number of rotatable bonds is 5. The molecular formula is C14H20N4. The lowest BCUT2D eigenvalue weighted by Gasteiger charge is -2.17. The lowest BCUT2D eigenvalue weighted by atomic mass is 10.1. The Balaban J connectivity index is 2.36. The maximum absolute atomic E-state index is 5.77. The summed E-state index contributed by atoms with van der Waals surface area (Å²) in [6.45, 7) is 4.74. The first-order valence-corrected chi connectivity index (χ1v) is 6.45. The van der Waals surface area contributed by atoms with E-state index in [-0.39, 0.29) is 6.04 Å². The smallest absolute Gasteiger partial charge is 0.156 e. The van der Waals surface area contributed by atoms with Crippen LogP contribution in [-0.2, 0) is 0 Å². The van der Waals surface area contributed by atoms with Crippen LogP contribution in [0.1, 0.15) is 25.5 Å². The summed E-state index contributed by atoms with van der Waals surface area (Å²) in [5.74, 6) is 0.833. The van der Waals surface area contributed by atoms with Crippen molar-refractivity contribution in [3.63, 3.8) is 0 Å². The molecule has 4 heteroatoms. The van der Waals surface area contributed by atoms with Crippen LogP contribution in [0.2, 0.25) is 0 Å². The Kier molecular flexibility index (Phi) is 4.10. The maximum Gasteiger partial charge on any atom is 0.156 e. The van der Waals surface area contributed by atoms with E-state index in [2.05, 4.69) is 34.6 Å². The van der Waals surface area contributed by atoms with Crippen molar-refractivity contribution in [2.24, 2.45) is 5.73 Å². The van der Waals surface area contributed by atoms with Gasteiger partial charge in [-0.25, -0.2) is 0 Å². The third-order valence-corrected chi connectivity index (χ3v) is 3.13. The molecule has 0 radical (unpaired) electrons. The second-order valence-electron chi connectivity index (χ2n) is 4.55. The predicted octanol–water partition coefficient (Wildman–Crippen LogP) is 2.48. The van der Waals surface area contributed by atoms with Crippen molar-refractivity contribution in [3.8, 4) is 0 Å². The molecule has 0 spiro atoms. The Hall–Kier alpha value is -1.68. The summed E-state index contributed by atoms with van der Waals surface area (Å²) in [6, 6.07) is 8.44. The monoisotopic (exact) mass is 244 g/mol. The van der Waals surface area contributed by atoms with Gasteiger partial charge < -0.3 is 11.1 Å². The molecule has 0 aliphatic carbocycles. The zero-order valence-corrected chi connectivity index (χ0v) is 11.0. The van der Waals surface area contributed by atoms with Gasteiger partial charge in [0.1, 0.15) is 0 Å². The molecular weight excluding hydrogens is 224 g/mol. The largest absolute Gasteiger partial charge is 0.364 e. The van der Waals surface area contributed by atoms with E-state index in [1.165, 1.54) is 0 Å². The first-order valence-electron chi connectivity index (χ1n) is 6.45. The van der Waals surface area contributed by atoms with Crippen LogP contribution in [0.15, 0.2) is 24.3 Å². The Morgan fingerprint density at radius 1 is 1.22 bits per heavy atom. The van der Waals surface area contributed by atoms with Crippen molar-refractivity contribution < 1.29 is 0 Å². The zero-order valence-electron chi connectivity index (χ0n) is 11.0.